The molecule has 1 aromatic carbocycles. The molecule has 0 aliphatic carbocycles. The number of benzene rings is 1. The molecule has 0 fully saturated rings. The maximum Gasteiger partial charge on any atom is 0.119 e. The molecular weight excluding hydrogens is 781 g/mol. The van der Waals surface area contributed by atoms with Gasteiger partial charge < -0.3 is 0 Å². The minimum Gasteiger partial charge on any atom is -0.265 e. The second-order valence-electron chi connectivity index (χ2n) is 27.9. The van der Waals surface area contributed by atoms with Crippen LogP contribution in [0, 0.1) is 43.3 Å². The van der Waals surface area contributed by atoms with Crippen LogP contribution in [0.4, 0.5) is 0 Å². The van der Waals surface area contributed by atoms with Crippen LogP contribution in [0.2, 0.25) is 0 Å². The van der Waals surface area contributed by atoms with Gasteiger partial charge in [0.2, 0.25) is 0 Å². The van der Waals surface area contributed by atoms with Gasteiger partial charge in [-0.2, -0.15) is 0 Å². The van der Waals surface area contributed by atoms with Gasteiger partial charge >= 0.3 is 0 Å². The van der Waals surface area contributed by atoms with Crippen molar-refractivity contribution in [3.63, 3.8) is 0 Å². The first kappa shape index (κ1) is 77.7. The third-order valence-corrected chi connectivity index (χ3v) is 2.11. The third kappa shape index (κ3) is 461. The molecule has 0 saturated heterocycles. The van der Waals surface area contributed by atoms with Crippen LogP contribution in [0.15, 0.2) is 111 Å². The first-order chi connectivity index (χ1) is 28.0. The fraction of sp³-hybridized carbons (Fsp3) is 0.690. The van der Waals surface area contributed by atoms with Crippen molar-refractivity contribution < 1.29 is 0 Å². The zero-order valence-electron chi connectivity index (χ0n) is 49.1. The van der Waals surface area contributed by atoms with Crippen LogP contribution in [0.1, 0.15) is 222 Å². The van der Waals surface area contributed by atoms with E-state index < -0.39 is 0 Å². The Morgan fingerprint density at radius 2 is 0.281 bits per heavy atom. The average Bonchev–Trinajstić information content (AvgIpc) is 3.03. The van der Waals surface area contributed by atoms with Crippen molar-refractivity contribution >= 4 is 0 Å². The molecule has 0 N–H and O–H groups in total. The van der Waals surface area contributed by atoms with E-state index in [-0.39, 0.29) is 0 Å². The smallest absolute Gasteiger partial charge is 0.119 e. The number of aromatic nitrogens is 6. The Bertz CT molecular complexity index is 930. The second kappa shape index (κ2) is 43.4. The molecule has 0 atom stereocenters. The predicted octanol–water partition coefficient (Wildman–Crippen LogP) is 19.5. The number of hydrogen-bond donors (Lipinski definition) is 0. The molecule has 6 heteroatoms. The summed E-state index contributed by atoms with van der Waals surface area (Å²) in [5.41, 5.74) is 4.00. The molecule has 0 unspecified atom stereocenters. The predicted molar refractivity (Wildman–Crippen MR) is 294 cm³/mol. The van der Waals surface area contributed by atoms with Gasteiger partial charge in [0, 0.05) is 24.8 Å². The topological polar surface area (TPSA) is 77.3 Å². The van der Waals surface area contributed by atoms with Gasteiger partial charge in [-0.1, -0.05) is 264 Å². The number of pyridine rings is 1. The standard InChI is InChI=1S/C6H6.C5H5N.8C5H12.C4H4N2.C3H3N3/c2*1-2-4-6-5-3-1;8*1-5(2,3)4;1-2-5-4-6-3-1;1-4-2-6-3-5-1/h1-6H;1-5H;8*1-4H3;1-4H;1-3H. The zero-order valence-corrected chi connectivity index (χ0v) is 49.1. The molecule has 0 spiro atoms. The van der Waals surface area contributed by atoms with Gasteiger partial charge in [0.15, 0.2) is 0 Å². The first-order valence-electron chi connectivity index (χ1n) is 23.1. The van der Waals surface area contributed by atoms with Crippen molar-refractivity contribution in [2.45, 2.75) is 222 Å². The molecule has 3 heterocycles. The molecule has 4 aromatic rings. The lowest BCUT2D eigenvalue weighted by molar-refractivity contribution is 0.469. The van der Waals surface area contributed by atoms with Gasteiger partial charge in [0.05, 0.1) is 0 Å². The normalized spacial score (nSPS) is 10.5. The van der Waals surface area contributed by atoms with Crippen molar-refractivity contribution in [2.24, 2.45) is 43.3 Å². The van der Waals surface area contributed by atoms with Crippen molar-refractivity contribution in [1.29, 1.82) is 0 Å². The Kier molecular flexibility index (Phi) is 52.6. The van der Waals surface area contributed by atoms with Gasteiger partial charge in [0.1, 0.15) is 25.3 Å². The van der Waals surface area contributed by atoms with E-state index in [0.717, 1.165) is 0 Å². The van der Waals surface area contributed by atoms with Crippen LogP contribution >= 0.6 is 0 Å². The van der Waals surface area contributed by atoms with E-state index in [1.165, 1.54) is 25.3 Å². The van der Waals surface area contributed by atoms with Gasteiger partial charge in [-0.05, 0) is 61.5 Å². The summed E-state index contributed by atoms with van der Waals surface area (Å²) < 4.78 is 0. The van der Waals surface area contributed by atoms with Crippen molar-refractivity contribution in [2.75, 3.05) is 0 Å². The molecule has 6 nitrogen and oxygen atoms in total. The first-order valence-corrected chi connectivity index (χ1v) is 23.1. The fourth-order valence-electron chi connectivity index (χ4n) is 1.16. The van der Waals surface area contributed by atoms with Crippen molar-refractivity contribution in [1.82, 2.24) is 29.9 Å². The molecule has 0 amide bonds. The Balaban J connectivity index is -0.0000000892. The highest BCUT2D eigenvalue weighted by molar-refractivity contribution is 4.99. The monoisotopic (exact) mass is 895 g/mol. The second-order valence-corrected chi connectivity index (χ2v) is 27.9. The molecular formula is C58H114N6. The Morgan fingerprint density at radius 3 is 0.344 bits per heavy atom. The minimum absolute atomic E-state index is 0.500. The summed E-state index contributed by atoms with van der Waals surface area (Å²) in [4.78, 5) is 21.8. The third-order valence-electron chi connectivity index (χ3n) is 2.11. The number of nitrogens with zero attached hydrogens (tertiary/aromatic N) is 6. The van der Waals surface area contributed by atoms with E-state index in [1.807, 2.05) is 54.6 Å². The molecule has 376 valence electrons. The van der Waals surface area contributed by atoms with Gasteiger partial charge in [0.25, 0.3) is 0 Å². The SMILES string of the molecule is CC(C)(C)C.CC(C)(C)C.CC(C)(C)C.CC(C)(C)C.CC(C)(C)C.CC(C)(C)C.CC(C)(C)C.CC(C)(C)C.c1ccccc1.c1ccncc1.c1cncnc1.c1ncncn1. The maximum absolute atomic E-state index is 3.78. The number of rotatable bonds is 0. The molecule has 4 rings (SSSR count). The van der Waals surface area contributed by atoms with Crippen LogP contribution in [-0.2, 0) is 0 Å². The van der Waals surface area contributed by atoms with Crippen LogP contribution < -0.4 is 0 Å². The van der Waals surface area contributed by atoms with Crippen LogP contribution in [0.3, 0.4) is 0 Å². The molecule has 0 aliphatic rings. The summed E-state index contributed by atoms with van der Waals surface area (Å²) in [5.74, 6) is 0. The van der Waals surface area contributed by atoms with E-state index >= 15 is 0 Å². The molecule has 3 aromatic heterocycles. The van der Waals surface area contributed by atoms with E-state index in [0.29, 0.717) is 43.3 Å². The molecule has 0 aliphatic heterocycles. The van der Waals surface area contributed by atoms with Gasteiger partial charge in [-0.25, -0.2) is 24.9 Å². The Morgan fingerprint density at radius 1 is 0.156 bits per heavy atom. The lowest BCUT2D eigenvalue weighted by Crippen LogP contribution is -1.93. The van der Waals surface area contributed by atoms with E-state index in [9.17, 15) is 0 Å². The molecule has 0 radical (unpaired) electrons. The maximum atomic E-state index is 3.78. The summed E-state index contributed by atoms with van der Waals surface area (Å²) >= 11 is 0. The van der Waals surface area contributed by atoms with Crippen LogP contribution in [0.25, 0.3) is 0 Å². The summed E-state index contributed by atoms with van der Waals surface area (Å²) in [5, 5.41) is 0. The van der Waals surface area contributed by atoms with Crippen molar-refractivity contribution in [3.8, 4) is 0 Å². The van der Waals surface area contributed by atoms with E-state index in [1.54, 1.807) is 30.9 Å². The summed E-state index contributed by atoms with van der Waals surface area (Å²) in [6.45, 7) is 70.0. The highest BCUT2D eigenvalue weighted by Gasteiger charge is 1.98. The minimum atomic E-state index is 0.500. The zero-order chi connectivity index (χ0) is 53.0. The van der Waals surface area contributed by atoms with Crippen LogP contribution in [-0.4, -0.2) is 29.9 Å². The van der Waals surface area contributed by atoms with Gasteiger partial charge in [-0.3, -0.25) is 4.98 Å². The largest absolute Gasteiger partial charge is 0.265 e. The van der Waals surface area contributed by atoms with Crippen LogP contribution in [0.5, 0.6) is 0 Å². The fourth-order valence-corrected chi connectivity index (χ4v) is 1.16. The summed E-state index contributed by atoms with van der Waals surface area (Å²) in [6, 6.07) is 19.5. The van der Waals surface area contributed by atoms with Gasteiger partial charge in [-0.15, -0.1) is 0 Å². The highest BCUT2D eigenvalue weighted by atomic mass is 14.9. The van der Waals surface area contributed by atoms with E-state index in [2.05, 4.69) is 251 Å². The summed E-state index contributed by atoms with van der Waals surface area (Å²) in [7, 11) is 0. The molecule has 0 saturated carbocycles. The number of hydrogen-bond acceptors (Lipinski definition) is 6. The Labute approximate surface area is 404 Å². The average molecular weight is 896 g/mol. The quantitative estimate of drug-likeness (QED) is 0.175. The van der Waals surface area contributed by atoms with E-state index in [4.69, 9.17) is 0 Å². The Hall–Kier alpha value is -3.54. The summed E-state index contributed by atoms with van der Waals surface area (Å²) in [6.07, 6.45) is 12.7. The lowest BCUT2D eigenvalue weighted by atomic mass is 10.0. The van der Waals surface area contributed by atoms with Crippen molar-refractivity contribution in [3.05, 3.63) is 111 Å². The highest BCUT2D eigenvalue weighted by Crippen LogP contribution is 2.11. The lowest BCUT2D eigenvalue weighted by Gasteiger charge is -2.05. The molecule has 64 heavy (non-hydrogen) atoms. The molecule has 0 bridgehead atoms.